The molecule has 2 N–H and O–H groups in total. The summed E-state index contributed by atoms with van der Waals surface area (Å²) in [5, 5.41) is 3.05. The second-order valence-electron chi connectivity index (χ2n) is 7.61. The summed E-state index contributed by atoms with van der Waals surface area (Å²) in [6, 6.07) is 2.01. The zero-order valence-electron chi connectivity index (χ0n) is 16.2. The zero-order valence-corrected chi connectivity index (χ0v) is 17.0. The Morgan fingerprint density at radius 3 is 2.74 bits per heavy atom. The van der Waals surface area contributed by atoms with E-state index in [0.717, 1.165) is 44.9 Å². The quantitative estimate of drug-likeness (QED) is 0.796. The number of nitrogens with zero attached hydrogens (tertiary/aromatic N) is 2. The van der Waals surface area contributed by atoms with Gasteiger partial charge in [-0.15, -0.1) is 11.3 Å². The number of thiophene rings is 1. The predicted molar refractivity (Wildman–Crippen MR) is 110 cm³/mol. The van der Waals surface area contributed by atoms with Gasteiger partial charge in [-0.05, 0) is 38.9 Å². The van der Waals surface area contributed by atoms with Crippen molar-refractivity contribution in [3.63, 3.8) is 0 Å². The lowest BCUT2D eigenvalue weighted by Crippen LogP contribution is -2.41. The molecule has 0 unspecified atom stereocenters. The standard InChI is InChI=1S/C20H30N4O2S/c1-15-16(14-24-6-3-2-4-7-24)19-18(27-15)13-17(22-19)20(25)21-5-8-23-9-11-26-12-10-23/h13,22H,2-12,14H2,1H3,(H,21,25). The molecule has 1 amide bonds. The molecule has 2 aliphatic heterocycles. The van der Waals surface area contributed by atoms with Crippen molar-refractivity contribution in [1.82, 2.24) is 20.1 Å². The van der Waals surface area contributed by atoms with Crippen molar-refractivity contribution in [1.29, 1.82) is 0 Å². The van der Waals surface area contributed by atoms with Crippen LogP contribution in [-0.2, 0) is 11.3 Å². The summed E-state index contributed by atoms with van der Waals surface area (Å²) < 4.78 is 6.55. The van der Waals surface area contributed by atoms with Gasteiger partial charge in [-0.25, -0.2) is 0 Å². The highest BCUT2D eigenvalue weighted by Gasteiger charge is 2.19. The molecule has 0 aliphatic carbocycles. The number of aryl methyl sites for hydroxylation is 1. The second kappa shape index (κ2) is 8.73. The number of ether oxygens (including phenoxy) is 1. The number of morpholine rings is 1. The van der Waals surface area contributed by atoms with Crippen LogP contribution in [0.5, 0.6) is 0 Å². The van der Waals surface area contributed by atoms with E-state index in [9.17, 15) is 4.79 Å². The van der Waals surface area contributed by atoms with E-state index in [-0.39, 0.29) is 5.91 Å². The van der Waals surface area contributed by atoms with Crippen LogP contribution in [0.4, 0.5) is 0 Å². The van der Waals surface area contributed by atoms with Gasteiger partial charge in [0.1, 0.15) is 5.69 Å². The van der Waals surface area contributed by atoms with Crippen LogP contribution in [0.1, 0.15) is 40.2 Å². The van der Waals surface area contributed by atoms with Crippen molar-refractivity contribution < 1.29 is 9.53 Å². The normalized spacial score (nSPS) is 19.6. The first-order chi connectivity index (χ1) is 13.2. The maximum atomic E-state index is 12.5. The Bertz CT molecular complexity index is 772. The van der Waals surface area contributed by atoms with Gasteiger partial charge >= 0.3 is 0 Å². The van der Waals surface area contributed by atoms with Gasteiger partial charge in [-0.3, -0.25) is 14.6 Å². The van der Waals surface area contributed by atoms with Crippen molar-refractivity contribution in [3.05, 3.63) is 22.2 Å². The Hall–Kier alpha value is -1.41. The monoisotopic (exact) mass is 390 g/mol. The molecule has 2 aromatic heterocycles. The Labute approximate surface area is 164 Å². The molecule has 2 fully saturated rings. The minimum atomic E-state index is -0.00626. The van der Waals surface area contributed by atoms with Gasteiger partial charge in [-0.1, -0.05) is 6.42 Å². The SMILES string of the molecule is Cc1sc2cc(C(=O)NCCN3CCOCC3)[nH]c2c1CN1CCCCC1. The number of likely N-dealkylation sites (tertiary alicyclic amines) is 1. The summed E-state index contributed by atoms with van der Waals surface area (Å²) in [6.45, 7) is 10.6. The second-order valence-corrected chi connectivity index (χ2v) is 8.86. The first kappa shape index (κ1) is 18.9. The number of carbonyl (C=O) groups excluding carboxylic acids is 1. The molecule has 4 rings (SSSR count). The topological polar surface area (TPSA) is 60.6 Å². The number of H-pyrrole nitrogens is 1. The van der Waals surface area contributed by atoms with E-state index in [0.29, 0.717) is 12.2 Å². The molecule has 0 saturated carbocycles. The molecule has 27 heavy (non-hydrogen) atoms. The molecule has 6 nitrogen and oxygen atoms in total. The molecular formula is C20H30N4O2S. The number of aromatic amines is 1. The third-order valence-corrected chi connectivity index (χ3v) is 6.76. The summed E-state index contributed by atoms with van der Waals surface area (Å²) in [5.41, 5.74) is 3.20. The van der Waals surface area contributed by atoms with Gasteiger partial charge in [0.05, 0.1) is 23.4 Å². The number of piperidine rings is 1. The number of aromatic nitrogens is 1. The first-order valence-electron chi connectivity index (χ1n) is 10.1. The van der Waals surface area contributed by atoms with E-state index < -0.39 is 0 Å². The summed E-state index contributed by atoms with van der Waals surface area (Å²) >= 11 is 1.79. The smallest absolute Gasteiger partial charge is 0.267 e. The molecule has 0 aromatic carbocycles. The van der Waals surface area contributed by atoms with Gasteiger partial charge in [0, 0.05) is 43.2 Å². The summed E-state index contributed by atoms with van der Waals surface area (Å²) in [7, 11) is 0. The highest BCUT2D eigenvalue weighted by molar-refractivity contribution is 7.19. The fraction of sp³-hybridized carbons (Fsp3) is 0.650. The zero-order chi connectivity index (χ0) is 18.6. The van der Waals surface area contributed by atoms with E-state index in [1.54, 1.807) is 11.3 Å². The lowest BCUT2D eigenvalue weighted by Gasteiger charge is -2.26. The molecule has 0 spiro atoms. The van der Waals surface area contributed by atoms with Crippen molar-refractivity contribution in [3.8, 4) is 0 Å². The summed E-state index contributed by atoms with van der Waals surface area (Å²) in [4.78, 5) is 22.2. The van der Waals surface area contributed by atoms with Crippen molar-refractivity contribution in [2.45, 2.75) is 32.7 Å². The molecule has 2 aromatic rings. The average Bonchev–Trinajstić information content (AvgIpc) is 3.22. The van der Waals surface area contributed by atoms with E-state index in [1.807, 2.05) is 6.07 Å². The minimum Gasteiger partial charge on any atom is -0.379 e. The lowest BCUT2D eigenvalue weighted by molar-refractivity contribution is 0.0383. The Morgan fingerprint density at radius 1 is 1.19 bits per heavy atom. The van der Waals surface area contributed by atoms with Crippen LogP contribution in [0, 0.1) is 6.92 Å². The maximum Gasteiger partial charge on any atom is 0.267 e. The van der Waals surface area contributed by atoms with Crippen molar-refractivity contribution in [2.75, 3.05) is 52.5 Å². The number of amides is 1. The van der Waals surface area contributed by atoms with Gasteiger partial charge in [0.25, 0.3) is 5.91 Å². The molecule has 0 bridgehead atoms. The number of fused-ring (bicyclic) bond motifs is 1. The number of hydrogen-bond acceptors (Lipinski definition) is 5. The van der Waals surface area contributed by atoms with E-state index in [4.69, 9.17) is 4.74 Å². The van der Waals surface area contributed by atoms with E-state index in [1.165, 1.54) is 47.5 Å². The largest absolute Gasteiger partial charge is 0.379 e. The van der Waals surface area contributed by atoms with Crippen LogP contribution in [0.25, 0.3) is 10.2 Å². The first-order valence-corrected chi connectivity index (χ1v) is 10.9. The van der Waals surface area contributed by atoms with Crippen LogP contribution in [-0.4, -0.2) is 73.2 Å². The fourth-order valence-electron chi connectivity index (χ4n) is 4.04. The van der Waals surface area contributed by atoms with Gasteiger partial charge in [0.2, 0.25) is 0 Å². The van der Waals surface area contributed by atoms with Crippen LogP contribution in [0.3, 0.4) is 0 Å². The third-order valence-electron chi connectivity index (χ3n) is 5.66. The number of carbonyl (C=O) groups is 1. The number of nitrogens with one attached hydrogen (secondary N) is 2. The molecule has 0 radical (unpaired) electrons. The maximum absolute atomic E-state index is 12.5. The van der Waals surface area contributed by atoms with Crippen LogP contribution < -0.4 is 5.32 Å². The molecule has 2 aliphatic rings. The van der Waals surface area contributed by atoms with Gasteiger partial charge in [0.15, 0.2) is 0 Å². The predicted octanol–water partition coefficient (Wildman–Crippen LogP) is 2.59. The Balaban J connectivity index is 1.38. The summed E-state index contributed by atoms with van der Waals surface area (Å²) in [5.74, 6) is -0.00626. The third kappa shape index (κ3) is 4.54. The molecular weight excluding hydrogens is 360 g/mol. The Morgan fingerprint density at radius 2 is 1.96 bits per heavy atom. The van der Waals surface area contributed by atoms with Crippen LogP contribution in [0.15, 0.2) is 6.07 Å². The molecule has 0 atom stereocenters. The lowest BCUT2D eigenvalue weighted by atomic mass is 10.1. The van der Waals surface area contributed by atoms with Gasteiger partial charge in [-0.2, -0.15) is 0 Å². The Kier molecular flexibility index (Phi) is 6.12. The van der Waals surface area contributed by atoms with Crippen LogP contribution in [0.2, 0.25) is 0 Å². The molecule has 148 valence electrons. The van der Waals surface area contributed by atoms with Crippen molar-refractivity contribution in [2.24, 2.45) is 0 Å². The number of hydrogen-bond donors (Lipinski definition) is 2. The highest BCUT2D eigenvalue weighted by Crippen LogP contribution is 2.32. The van der Waals surface area contributed by atoms with Crippen LogP contribution >= 0.6 is 11.3 Å². The van der Waals surface area contributed by atoms with E-state index in [2.05, 4.69) is 27.0 Å². The highest BCUT2D eigenvalue weighted by atomic mass is 32.1. The molecule has 4 heterocycles. The number of rotatable bonds is 6. The molecule has 7 heteroatoms. The van der Waals surface area contributed by atoms with Gasteiger partial charge < -0.3 is 15.0 Å². The van der Waals surface area contributed by atoms with Crippen molar-refractivity contribution >= 4 is 27.5 Å². The fourth-order valence-corrected chi connectivity index (χ4v) is 5.12. The van der Waals surface area contributed by atoms with E-state index >= 15 is 0 Å². The average molecular weight is 391 g/mol. The minimum absolute atomic E-state index is 0.00626. The molecule has 2 saturated heterocycles. The summed E-state index contributed by atoms with van der Waals surface area (Å²) in [6.07, 6.45) is 3.95.